The van der Waals surface area contributed by atoms with Crippen molar-refractivity contribution in [2.24, 2.45) is 17.6 Å². The van der Waals surface area contributed by atoms with Crippen LogP contribution in [0.1, 0.15) is 129 Å². The van der Waals surface area contributed by atoms with Gasteiger partial charge in [0, 0.05) is 25.3 Å². The van der Waals surface area contributed by atoms with Crippen molar-refractivity contribution in [1.82, 2.24) is 0 Å². The largest absolute Gasteiger partial charge is 0.472 e. The number of nitrogens with two attached hydrogens (primary N) is 1. The van der Waals surface area contributed by atoms with Gasteiger partial charge in [-0.1, -0.05) is 137 Å². The summed E-state index contributed by atoms with van der Waals surface area (Å²) in [6, 6.07) is 0. The number of carbonyl (C=O) groups excluding carboxylic acids is 3. The normalized spacial score (nSPS) is 18.2. The molecule has 0 radical (unpaired) electrons. The highest BCUT2D eigenvalue weighted by Gasteiger charge is 2.27. The maximum Gasteiger partial charge on any atom is 0.472 e. The van der Waals surface area contributed by atoms with Crippen LogP contribution in [0.3, 0.4) is 0 Å². The molecule has 12 heteroatoms. The zero-order valence-corrected chi connectivity index (χ0v) is 36.7. The lowest BCUT2D eigenvalue weighted by atomic mass is 9.90. The minimum atomic E-state index is -4.46. The Morgan fingerprint density at radius 1 is 0.763 bits per heavy atom. The zero-order valence-electron chi connectivity index (χ0n) is 35.8. The summed E-state index contributed by atoms with van der Waals surface area (Å²) >= 11 is 0. The Kier molecular flexibility index (Phi) is 33.1. The molecule has 11 nitrogen and oxygen atoms in total. The van der Waals surface area contributed by atoms with Gasteiger partial charge in [-0.05, 0) is 82.6 Å². The van der Waals surface area contributed by atoms with Gasteiger partial charge in [0.25, 0.3) is 0 Å². The van der Waals surface area contributed by atoms with E-state index in [1.165, 1.54) is 25.7 Å². The lowest BCUT2D eigenvalue weighted by Crippen LogP contribution is -2.29. The van der Waals surface area contributed by atoms with Crippen molar-refractivity contribution < 1.29 is 47.5 Å². The van der Waals surface area contributed by atoms with Crippen LogP contribution in [-0.4, -0.2) is 66.3 Å². The van der Waals surface area contributed by atoms with Crippen LogP contribution in [0.15, 0.2) is 97.2 Å². The molecule has 0 spiro atoms. The van der Waals surface area contributed by atoms with Gasteiger partial charge in [-0.2, -0.15) is 0 Å². The van der Waals surface area contributed by atoms with Crippen molar-refractivity contribution in [3.8, 4) is 0 Å². The number of carbonyl (C=O) groups is 3. The Morgan fingerprint density at radius 2 is 1.36 bits per heavy atom. The summed E-state index contributed by atoms with van der Waals surface area (Å²) in [4.78, 5) is 47.4. The highest BCUT2D eigenvalue weighted by atomic mass is 31.2. The molecule has 0 fully saturated rings. The number of rotatable bonds is 36. The number of esters is 2. The Morgan fingerprint density at radius 3 is 2.00 bits per heavy atom. The molecule has 332 valence electrons. The number of aliphatic hydroxyl groups is 1. The van der Waals surface area contributed by atoms with Crippen LogP contribution in [0, 0.1) is 11.8 Å². The van der Waals surface area contributed by atoms with E-state index in [1.807, 2.05) is 36.5 Å². The summed E-state index contributed by atoms with van der Waals surface area (Å²) in [6.07, 6.45) is 45.1. The fourth-order valence-electron chi connectivity index (χ4n) is 5.84. The quantitative estimate of drug-likeness (QED) is 0.0237. The monoisotopic (exact) mass is 844 g/mol. The van der Waals surface area contributed by atoms with E-state index >= 15 is 0 Å². The van der Waals surface area contributed by atoms with E-state index in [-0.39, 0.29) is 50.2 Å². The molecule has 1 aliphatic rings. The number of phosphoric acid groups is 1. The van der Waals surface area contributed by atoms with Crippen LogP contribution in [0.4, 0.5) is 0 Å². The maximum atomic E-state index is 12.7. The first-order valence-electron chi connectivity index (χ1n) is 21.8. The van der Waals surface area contributed by atoms with Crippen LogP contribution in [-0.2, 0) is 37.5 Å². The third-order valence-electron chi connectivity index (χ3n) is 9.20. The Hall–Kier alpha value is -3.44. The first-order valence-corrected chi connectivity index (χ1v) is 23.3. The number of ether oxygens (including phenoxy) is 2. The highest BCUT2D eigenvalue weighted by Crippen LogP contribution is 2.43. The van der Waals surface area contributed by atoms with Crippen LogP contribution in [0.5, 0.6) is 0 Å². The maximum absolute atomic E-state index is 12.7. The predicted molar refractivity (Wildman–Crippen MR) is 237 cm³/mol. The molecule has 0 aliphatic heterocycles. The number of aliphatic hydroxyl groups excluding tert-OH is 1. The molecular formula is C47H74NO10P. The first kappa shape index (κ1) is 53.6. The van der Waals surface area contributed by atoms with Gasteiger partial charge in [0.15, 0.2) is 11.9 Å². The average Bonchev–Trinajstić information content (AvgIpc) is 3.57. The second kappa shape index (κ2) is 36.4. The second-order valence-corrected chi connectivity index (χ2v) is 16.0. The molecule has 0 aromatic heterocycles. The Bertz CT molecular complexity index is 1430. The van der Waals surface area contributed by atoms with Gasteiger partial charge in [0.05, 0.1) is 19.3 Å². The van der Waals surface area contributed by atoms with E-state index < -0.39 is 38.6 Å². The van der Waals surface area contributed by atoms with Crippen molar-refractivity contribution in [2.45, 2.75) is 142 Å². The van der Waals surface area contributed by atoms with E-state index in [4.69, 9.17) is 24.3 Å². The first-order chi connectivity index (χ1) is 28.6. The number of hydrogen-bond donors (Lipinski definition) is 3. The molecule has 0 saturated carbocycles. The molecule has 0 saturated heterocycles. The molecule has 0 aromatic rings. The van der Waals surface area contributed by atoms with Crippen LogP contribution in [0.2, 0.25) is 0 Å². The summed E-state index contributed by atoms with van der Waals surface area (Å²) < 4.78 is 32.7. The van der Waals surface area contributed by atoms with Crippen LogP contribution >= 0.6 is 7.82 Å². The molecule has 0 bridgehead atoms. The van der Waals surface area contributed by atoms with E-state index in [0.29, 0.717) is 32.1 Å². The van der Waals surface area contributed by atoms with E-state index in [0.717, 1.165) is 44.9 Å². The van der Waals surface area contributed by atoms with Crippen molar-refractivity contribution >= 4 is 25.5 Å². The van der Waals surface area contributed by atoms with Gasteiger partial charge in [0.2, 0.25) is 0 Å². The van der Waals surface area contributed by atoms with Crippen molar-refractivity contribution in [3.05, 3.63) is 97.2 Å². The van der Waals surface area contributed by atoms with E-state index in [2.05, 4.69) is 62.5 Å². The van der Waals surface area contributed by atoms with Crippen LogP contribution in [0.25, 0.3) is 0 Å². The van der Waals surface area contributed by atoms with E-state index in [9.17, 15) is 28.9 Å². The van der Waals surface area contributed by atoms with Gasteiger partial charge in [0.1, 0.15) is 6.61 Å². The molecule has 5 atom stereocenters. The molecule has 1 rings (SSSR count). The molecule has 59 heavy (non-hydrogen) atoms. The summed E-state index contributed by atoms with van der Waals surface area (Å²) in [5.41, 5.74) is 5.34. The van der Waals surface area contributed by atoms with E-state index in [1.54, 1.807) is 12.2 Å². The number of unbranched alkanes of at least 4 members (excludes halogenated alkanes) is 6. The number of phosphoric ester groups is 1. The number of ketones is 1. The molecule has 1 aliphatic carbocycles. The molecular weight excluding hydrogens is 769 g/mol. The summed E-state index contributed by atoms with van der Waals surface area (Å²) in [5.74, 6) is -1.34. The Labute approximate surface area is 354 Å². The van der Waals surface area contributed by atoms with Gasteiger partial charge < -0.3 is 25.2 Å². The second-order valence-electron chi connectivity index (χ2n) is 14.5. The lowest BCUT2D eigenvalue weighted by Gasteiger charge is -2.19. The minimum Gasteiger partial charge on any atom is -0.462 e. The van der Waals surface area contributed by atoms with Gasteiger partial charge >= 0.3 is 19.8 Å². The van der Waals surface area contributed by atoms with Crippen molar-refractivity contribution in [3.63, 3.8) is 0 Å². The smallest absolute Gasteiger partial charge is 0.462 e. The summed E-state index contributed by atoms with van der Waals surface area (Å²) in [6.45, 7) is 3.26. The standard InChI is InChI=1S/C47H74NO10P/c1-3-5-7-8-9-10-11-12-13-14-15-16-17-18-19-20-21-22-27-31-46(51)55-39-43(40-57-59(53,54)56-38-37-48)58-47(52)32-28-24-23-26-29-41-33-36-45(50)44(41)35-34-42(49)30-25-6-4-2/h9-10,12-13,15-16,18-19,21-23,26,33-36,41-44,49H,3-8,11,14,17,20,24-25,27-32,37-40,48H2,1-2H3,(H,53,54)/b10-9-,13-12-,16-15-,19-18-,22-21-,26-23-,35-34+/t41-,42-,43+,44+/m0/s1. The van der Waals surface area contributed by atoms with Crippen molar-refractivity contribution in [2.75, 3.05) is 26.4 Å². The van der Waals surface area contributed by atoms with Crippen molar-refractivity contribution in [1.29, 1.82) is 0 Å². The zero-order chi connectivity index (χ0) is 43.2. The fourth-order valence-corrected chi connectivity index (χ4v) is 6.61. The molecule has 1 unspecified atom stereocenters. The molecule has 0 heterocycles. The summed E-state index contributed by atoms with van der Waals surface area (Å²) in [7, 11) is -4.46. The number of allylic oxidation sites excluding steroid dienone is 15. The summed E-state index contributed by atoms with van der Waals surface area (Å²) in [5, 5.41) is 10.2. The highest BCUT2D eigenvalue weighted by molar-refractivity contribution is 7.47. The Balaban J connectivity index is 2.42. The SMILES string of the molecule is CCCCC/C=C\C/C=C\C/C=C\C/C=C\C/C=C\CCC(=O)OC[C@H](COP(=O)(O)OCCN)OC(=O)CCC/C=C\C[C@H]1C=CC(=O)[C@@H]1/C=C/[C@@H](O)CCCCC. The minimum absolute atomic E-state index is 0.00677. The topological polar surface area (TPSA) is 172 Å². The predicted octanol–water partition coefficient (Wildman–Crippen LogP) is 10.2. The van der Waals surface area contributed by atoms with Crippen LogP contribution < -0.4 is 5.73 Å². The number of hydrogen-bond acceptors (Lipinski definition) is 10. The molecule has 0 amide bonds. The van der Waals surface area contributed by atoms with Gasteiger partial charge in [-0.3, -0.25) is 23.4 Å². The third kappa shape index (κ3) is 31.2. The average molecular weight is 844 g/mol. The molecule has 0 aromatic carbocycles. The van der Waals surface area contributed by atoms with Gasteiger partial charge in [-0.15, -0.1) is 0 Å². The fraction of sp³-hybridized carbons (Fsp3) is 0.596. The lowest BCUT2D eigenvalue weighted by molar-refractivity contribution is -0.161. The molecule has 4 N–H and O–H groups in total. The van der Waals surface area contributed by atoms with Gasteiger partial charge in [-0.25, -0.2) is 4.57 Å². The third-order valence-corrected chi connectivity index (χ3v) is 10.2.